The maximum absolute atomic E-state index is 12.7. The third-order valence-corrected chi connectivity index (χ3v) is 4.85. The van der Waals surface area contributed by atoms with Gasteiger partial charge in [0.05, 0.1) is 19.3 Å². The number of nitrogens with zero attached hydrogens (tertiary/aromatic N) is 2. The molecule has 1 aliphatic rings. The van der Waals surface area contributed by atoms with Crippen LogP contribution in [0.15, 0.2) is 29.6 Å². The van der Waals surface area contributed by atoms with Gasteiger partial charge in [0.2, 0.25) is 0 Å². The predicted molar refractivity (Wildman–Crippen MR) is 96.6 cm³/mol. The van der Waals surface area contributed by atoms with E-state index in [1.807, 2.05) is 31.2 Å². The van der Waals surface area contributed by atoms with Gasteiger partial charge in [-0.2, -0.15) is 0 Å². The summed E-state index contributed by atoms with van der Waals surface area (Å²) in [5.41, 5.74) is 1.22. The molecule has 0 aliphatic carbocycles. The molecule has 1 saturated heterocycles. The van der Waals surface area contributed by atoms with Crippen LogP contribution in [0.1, 0.15) is 24.3 Å². The molecule has 1 N–H and O–H groups in total. The van der Waals surface area contributed by atoms with Crippen LogP contribution in [0.25, 0.3) is 10.6 Å². The molecule has 1 aromatic carbocycles. The van der Waals surface area contributed by atoms with Crippen molar-refractivity contribution < 1.29 is 24.2 Å². The normalized spacial score (nSPS) is 20.0. The molecule has 8 heteroatoms. The number of aromatic nitrogens is 1. The molecule has 2 aromatic rings. The number of amides is 1. The summed E-state index contributed by atoms with van der Waals surface area (Å²) < 4.78 is 10.8. The van der Waals surface area contributed by atoms with E-state index in [-0.39, 0.29) is 18.6 Å². The van der Waals surface area contributed by atoms with E-state index in [4.69, 9.17) is 14.6 Å². The summed E-state index contributed by atoms with van der Waals surface area (Å²) in [5, 5.41) is 11.6. The smallest absolute Gasteiger partial charge is 0.334 e. The molecule has 26 heavy (non-hydrogen) atoms. The standard InChI is InChI=1S/C18H20N2O5S/c1-3-24-13-6-4-12(5-7-13)16-19-14(10-26-16)17(21)20-8-11(2)25-15(9-20)18(22)23/h4-7,10-11,15H,3,8-9H2,1-2H3,(H,22,23)/t11-,15?/m1/s1. The minimum atomic E-state index is -1.07. The Morgan fingerprint density at radius 2 is 2.08 bits per heavy atom. The van der Waals surface area contributed by atoms with E-state index in [0.29, 0.717) is 18.8 Å². The summed E-state index contributed by atoms with van der Waals surface area (Å²) in [6.45, 7) is 4.65. The molecule has 0 bridgehead atoms. The maximum atomic E-state index is 12.7. The van der Waals surface area contributed by atoms with Crippen molar-refractivity contribution in [3.05, 3.63) is 35.3 Å². The van der Waals surface area contributed by atoms with Gasteiger partial charge in [0.15, 0.2) is 6.10 Å². The van der Waals surface area contributed by atoms with Gasteiger partial charge in [-0.15, -0.1) is 11.3 Å². The zero-order valence-electron chi connectivity index (χ0n) is 14.5. The Kier molecular flexibility index (Phi) is 5.53. The Labute approximate surface area is 155 Å². The second-order valence-electron chi connectivity index (χ2n) is 5.98. The molecule has 1 unspecified atom stereocenters. The highest BCUT2D eigenvalue weighted by Gasteiger charge is 2.33. The van der Waals surface area contributed by atoms with E-state index >= 15 is 0 Å². The lowest BCUT2D eigenvalue weighted by atomic mass is 10.2. The zero-order chi connectivity index (χ0) is 18.7. The second kappa shape index (κ2) is 7.84. The van der Waals surface area contributed by atoms with Gasteiger partial charge in [-0.25, -0.2) is 9.78 Å². The van der Waals surface area contributed by atoms with E-state index in [0.717, 1.165) is 16.3 Å². The van der Waals surface area contributed by atoms with E-state index in [1.54, 1.807) is 12.3 Å². The molecule has 0 radical (unpaired) electrons. The monoisotopic (exact) mass is 376 g/mol. The Morgan fingerprint density at radius 1 is 1.35 bits per heavy atom. The molecule has 1 aliphatic heterocycles. The Hall–Kier alpha value is -2.45. The van der Waals surface area contributed by atoms with Crippen molar-refractivity contribution in [1.29, 1.82) is 0 Å². The quantitative estimate of drug-likeness (QED) is 0.863. The van der Waals surface area contributed by atoms with Crippen molar-refractivity contribution in [3.63, 3.8) is 0 Å². The van der Waals surface area contributed by atoms with E-state index in [9.17, 15) is 9.59 Å². The Balaban J connectivity index is 1.74. The summed E-state index contributed by atoms with van der Waals surface area (Å²) >= 11 is 1.38. The lowest BCUT2D eigenvalue weighted by molar-refractivity contribution is -0.160. The van der Waals surface area contributed by atoms with E-state index < -0.39 is 12.1 Å². The predicted octanol–water partition coefficient (Wildman–Crippen LogP) is 2.52. The molecule has 7 nitrogen and oxygen atoms in total. The van der Waals surface area contributed by atoms with Gasteiger partial charge in [-0.05, 0) is 38.1 Å². The summed E-state index contributed by atoms with van der Waals surface area (Å²) in [6.07, 6.45) is -1.34. The molecule has 3 rings (SSSR count). The molecule has 1 amide bonds. The van der Waals surface area contributed by atoms with Crippen LogP contribution in [0.4, 0.5) is 0 Å². The number of carboxylic acids is 1. The van der Waals surface area contributed by atoms with Gasteiger partial charge in [0, 0.05) is 17.5 Å². The van der Waals surface area contributed by atoms with Crippen LogP contribution >= 0.6 is 11.3 Å². The molecule has 2 heterocycles. The Morgan fingerprint density at radius 3 is 2.73 bits per heavy atom. The van der Waals surface area contributed by atoms with E-state index in [2.05, 4.69) is 4.98 Å². The van der Waals surface area contributed by atoms with Crippen molar-refractivity contribution >= 4 is 23.2 Å². The van der Waals surface area contributed by atoms with Crippen LogP contribution in [0.3, 0.4) is 0 Å². The first-order valence-electron chi connectivity index (χ1n) is 8.34. The number of aliphatic carboxylic acids is 1. The second-order valence-corrected chi connectivity index (χ2v) is 6.84. The summed E-state index contributed by atoms with van der Waals surface area (Å²) in [4.78, 5) is 29.8. The Bertz CT molecular complexity index is 789. The number of carbonyl (C=O) groups is 2. The molecule has 0 spiro atoms. The molecule has 1 aromatic heterocycles. The van der Waals surface area contributed by atoms with Crippen molar-refractivity contribution in [2.75, 3.05) is 19.7 Å². The average Bonchev–Trinajstić information content (AvgIpc) is 3.11. The number of carboxylic acid groups (broad SMARTS) is 1. The molecule has 138 valence electrons. The fourth-order valence-corrected chi connectivity index (χ4v) is 3.58. The lowest BCUT2D eigenvalue weighted by Crippen LogP contribution is -2.51. The van der Waals surface area contributed by atoms with Gasteiger partial charge in [0.1, 0.15) is 16.5 Å². The van der Waals surface area contributed by atoms with Crippen LogP contribution in [-0.2, 0) is 9.53 Å². The third-order valence-electron chi connectivity index (χ3n) is 3.96. The van der Waals surface area contributed by atoms with Crippen molar-refractivity contribution in [2.24, 2.45) is 0 Å². The number of morpholine rings is 1. The van der Waals surface area contributed by atoms with Crippen molar-refractivity contribution in [2.45, 2.75) is 26.1 Å². The topological polar surface area (TPSA) is 89.0 Å². The number of ether oxygens (including phenoxy) is 2. The van der Waals surface area contributed by atoms with Gasteiger partial charge in [-0.1, -0.05) is 0 Å². The number of hydrogen-bond acceptors (Lipinski definition) is 6. The summed E-state index contributed by atoms with van der Waals surface area (Å²) in [5.74, 6) is -0.561. The van der Waals surface area contributed by atoms with Crippen LogP contribution in [-0.4, -0.2) is 58.8 Å². The van der Waals surface area contributed by atoms with E-state index in [1.165, 1.54) is 16.2 Å². The number of hydrogen-bond donors (Lipinski definition) is 1. The van der Waals surface area contributed by atoms with Crippen molar-refractivity contribution in [3.8, 4) is 16.3 Å². The summed E-state index contributed by atoms with van der Waals surface area (Å²) in [7, 11) is 0. The first-order valence-corrected chi connectivity index (χ1v) is 9.22. The molecular weight excluding hydrogens is 356 g/mol. The molecular formula is C18H20N2O5S. The maximum Gasteiger partial charge on any atom is 0.334 e. The fraction of sp³-hybridized carbons (Fsp3) is 0.389. The van der Waals surface area contributed by atoms with Crippen LogP contribution in [0, 0.1) is 0 Å². The number of rotatable bonds is 5. The fourth-order valence-electron chi connectivity index (χ4n) is 2.78. The van der Waals surface area contributed by atoms with Gasteiger partial charge < -0.3 is 19.5 Å². The zero-order valence-corrected chi connectivity index (χ0v) is 15.4. The van der Waals surface area contributed by atoms with Crippen LogP contribution < -0.4 is 4.74 Å². The van der Waals surface area contributed by atoms with Crippen LogP contribution in [0.2, 0.25) is 0 Å². The molecule has 0 saturated carbocycles. The van der Waals surface area contributed by atoms with Crippen molar-refractivity contribution in [1.82, 2.24) is 9.88 Å². The minimum absolute atomic E-state index is 0.0222. The SMILES string of the molecule is CCOc1ccc(-c2nc(C(=O)N3CC(C(=O)O)O[C@H](C)C3)cs2)cc1. The lowest BCUT2D eigenvalue weighted by Gasteiger charge is -2.34. The van der Waals surface area contributed by atoms with Gasteiger partial charge in [-0.3, -0.25) is 4.79 Å². The summed E-state index contributed by atoms with van der Waals surface area (Å²) in [6, 6.07) is 7.52. The molecule has 1 fully saturated rings. The van der Waals surface area contributed by atoms with Crippen LogP contribution in [0.5, 0.6) is 5.75 Å². The minimum Gasteiger partial charge on any atom is -0.494 e. The number of benzene rings is 1. The first kappa shape index (κ1) is 18.3. The highest BCUT2D eigenvalue weighted by Crippen LogP contribution is 2.26. The first-order chi connectivity index (χ1) is 12.5. The number of carbonyl (C=O) groups excluding carboxylic acids is 1. The van der Waals surface area contributed by atoms with Gasteiger partial charge >= 0.3 is 5.97 Å². The van der Waals surface area contributed by atoms with Gasteiger partial charge in [0.25, 0.3) is 5.91 Å². The highest BCUT2D eigenvalue weighted by molar-refractivity contribution is 7.13. The highest BCUT2D eigenvalue weighted by atomic mass is 32.1. The number of thiazole rings is 1. The average molecular weight is 376 g/mol. The largest absolute Gasteiger partial charge is 0.494 e. The third kappa shape index (κ3) is 4.03. The molecule has 2 atom stereocenters.